The molecule has 21 heavy (non-hydrogen) atoms. The van der Waals surface area contributed by atoms with E-state index in [1.807, 2.05) is 6.20 Å². The molecule has 114 valence electrons. The van der Waals surface area contributed by atoms with Crippen LogP contribution in [-0.2, 0) is 13.0 Å². The van der Waals surface area contributed by atoms with E-state index in [1.54, 1.807) is 0 Å². The van der Waals surface area contributed by atoms with Gasteiger partial charge in [0, 0.05) is 12.7 Å². The summed E-state index contributed by atoms with van der Waals surface area (Å²) in [5, 5.41) is 8.06. The molecule has 2 rings (SSSR count). The Balaban J connectivity index is 2.22. The molecule has 0 aliphatic rings. The summed E-state index contributed by atoms with van der Waals surface area (Å²) in [6.07, 6.45) is 4.03. The minimum Gasteiger partial charge on any atom is -0.309 e. The maximum absolute atomic E-state index is 4.46. The van der Waals surface area contributed by atoms with E-state index in [2.05, 4.69) is 67.1 Å². The van der Waals surface area contributed by atoms with Gasteiger partial charge in [-0.2, -0.15) is 5.10 Å². The Morgan fingerprint density at radius 1 is 1.14 bits per heavy atom. The van der Waals surface area contributed by atoms with Gasteiger partial charge in [-0.15, -0.1) is 0 Å². The fourth-order valence-electron chi connectivity index (χ4n) is 2.73. The van der Waals surface area contributed by atoms with Crippen LogP contribution in [0.5, 0.6) is 0 Å². The fraction of sp³-hybridized carbons (Fsp3) is 0.500. The summed E-state index contributed by atoms with van der Waals surface area (Å²) in [4.78, 5) is 0. The summed E-state index contributed by atoms with van der Waals surface area (Å²) in [5.41, 5.74) is 5.39. The molecule has 1 heterocycles. The number of aryl methyl sites for hydroxylation is 3. The first-order valence-corrected chi connectivity index (χ1v) is 7.96. The van der Waals surface area contributed by atoms with Gasteiger partial charge in [-0.3, -0.25) is 4.68 Å². The Morgan fingerprint density at radius 2 is 1.95 bits per heavy atom. The molecular weight excluding hydrogens is 258 g/mol. The molecule has 0 spiro atoms. The smallest absolute Gasteiger partial charge is 0.0556 e. The summed E-state index contributed by atoms with van der Waals surface area (Å²) in [6.45, 7) is 10.6. The van der Waals surface area contributed by atoms with E-state index >= 15 is 0 Å². The van der Waals surface area contributed by atoms with Crippen molar-refractivity contribution in [2.75, 3.05) is 6.54 Å². The molecule has 1 unspecified atom stereocenters. The van der Waals surface area contributed by atoms with Gasteiger partial charge in [-0.25, -0.2) is 0 Å². The number of hydrogen-bond acceptors (Lipinski definition) is 2. The van der Waals surface area contributed by atoms with Gasteiger partial charge in [-0.05, 0) is 56.0 Å². The van der Waals surface area contributed by atoms with Gasteiger partial charge in [0.05, 0.1) is 11.7 Å². The number of hydrogen-bond donors (Lipinski definition) is 1. The number of benzene rings is 1. The highest BCUT2D eigenvalue weighted by molar-refractivity contribution is 5.31. The van der Waals surface area contributed by atoms with Gasteiger partial charge < -0.3 is 5.32 Å². The maximum Gasteiger partial charge on any atom is 0.0556 e. The molecule has 3 nitrogen and oxygen atoms in total. The number of rotatable bonds is 7. The van der Waals surface area contributed by atoms with E-state index in [4.69, 9.17) is 0 Å². The van der Waals surface area contributed by atoms with E-state index in [0.717, 1.165) is 25.9 Å². The standard InChI is InChI=1S/C18H27N3/c1-5-11-21-18(9-10-20-21)17(19-6-2)13-16-8-7-14(3)15(4)12-16/h7-10,12,17,19H,5-6,11,13H2,1-4H3. The Hall–Kier alpha value is -1.61. The molecule has 1 atom stereocenters. The van der Waals surface area contributed by atoms with Crippen molar-refractivity contribution >= 4 is 0 Å². The monoisotopic (exact) mass is 285 g/mol. The molecule has 1 aromatic carbocycles. The zero-order valence-corrected chi connectivity index (χ0v) is 13.7. The molecule has 1 aromatic heterocycles. The molecule has 0 saturated carbocycles. The van der Waals surface area contributed by atoms with Crippen LogP contribution >= 0.6 is 0 Å². The van der Waals surface area contributed by atoms with E-state index in [-0.39, 0.29) is 0 Å². The highest BCUT2D eigenvalue weighted by atomic mass is 15.3. The lowest BCUT2D eigenvalue weighted by Gasteiger charge is -2.20. The number of likely N-dealkylation sites (N-methyl/N-ethyl adjacent to an activating group) is 1. The van der Waals surface area contributed by atoms with Crippen molar-refractivity contribution in [2.45, 2.75) is 53.1 Å². The van der Waals surface area contributed by atoms with Crippen LogP contribution in [-0.4, -0.2) is 16.3 Å². The zero-order chi connectivity index (χ0) is 15.2. The van der Waals surface area contributed by atoms with Gasteiger partial charge >= 0.3 is 0 Å². The van der Waals surface area contributed by atoms with Crippen LogP contribution in [0.2, 0.25) is 0 Å². The molecule has 3 heteroatoms. The molecule has 0 radical (unpaired) electrons. The van der Waals surface area contributed by atoms with Crippen LogP contribution in [0.15, 0.2) is 30.5 Å². The second-order valence-electron chi connectivity index (χ2n) is 5.71. The van der Waals surface area contributed by atoms with Crippen molar-refractivity contribution < 1.29 is 0 Å². The Kier molecular flexibility index (Phi) is 5.57. The largest absolute Gasteiger partial charge is 0.309 e. The van der Waals surface area contributed by atoms with Crippen LogP contribution in [0.25, 0.3) is 0 Å². The maximum atomic E-state index is 4.46. The van der Waals surface area contributed by atoms with Gasteiger partial charge in [-0.1, -0.05) is 32.0 Å². The van der Waals surface area contributed by atoms with Crippen molar-refractivity contribution in [3.8, 4) is 0 Å². The van der Waals surface area contributed by atoms with Gasteiger partial charge in [0.25, 0.3) is 0 Å². The van der Waals surface area contributed by atoms with Crippen LogP contribution in [0.3, 0.4) is 0 Å². The predicted octanol–water partition coefficient (Wildman–Crippen LogP) is 3.80. The Morgan fingerprint density at radius 3 is 2.62 bits per heavy atom. The average Bonchev–Trinajstić information content (AvgIpc) is 2.91. The first-order valence-electron chi connectivity index (χ1n) is 7.96. The van der Waals surface area contributed by atoms with Gasteiger partial charge in [0.15, 0.2) is 0 Å². The van der Waals surface area contributed by atoms with Crippen molar-refractivity contribution in [3.05, 3.63) is 52.8 Å². The number of nitrogens with zero attached hydrogens (tertiary/aromatic N) is 2. The number of aromatic nitrogens is 2. The van der Waals surface area contributed by atoms with Crippen molar-refractivity contribution in [1.82, 2.24) is 15.1 Å². The Bertz CT molecular complexity index is 572. The normalized spacial score (nSPS) is 12.6. The van der Waals surface area contributed by atoms with Crippen LogP contribution in [0.1, 0.15) is 48.7 Å². The summed E-state index contributed by atoms with van der Waals surface area (Å²) in [5.74, 6) is 0. The third kappa shape index (κ3) is 3.94. The van der Waals surface area contributed by atoms with Crippen LogP contribution in [0, 0.1) is 13.8 Å². The summed E-state index contributed by atoms with van der Waals surface area (Å²) < 4.78 is 2.13. The zero-order valence-electron chi connectivity index (χ0n) is 13.7. The first-order chi connectivity index (χ1) is 10.2. The van der Waals surface area contributed by atoms with E-state index in [0.29, 0.717) is 6.04 Å². The molecular formula is C18H27N3. The fourth-order valence-corrected chi connectivity index (χ4v) is 2.73. The van der Waals surface area contributed by atoms with Crippen molar-refractivity contribution in [3.63, 3.8) is 0 Å². The highest BCUT2D eigenvalue weighted by Gasteiger charge is 2.16. The molecule has 0 saturated heterocycles. The minimum absolute atomic E-state index is 0.325. The van der Waals surface area contributed by atoms with E-state index in [9.17, 15) is 0 Å². The summed E-state index contributed by atoms with van der Waals surface area (Å²) in [7, 11) is 0. The molecule has 0 bridgehead atoms. The predicted molar refractivity (Wildman–Crippen MR) is 88.6 cm³/mol. The van der Waals surface area contributed by atoms with Gasteiger partial charge in [0.1, 0.15) is 0 Å². The lowest BCUT2D eigenvalue weighted by atomic mass is 9.99. The third-order valence-electron chi connectivity index (χ3n) is 4.00. The average molecular weight is 285 g/mol. The SMILES string of the molecule is CCCn1nccc1C(Cc1ccc(C)c(C)c1)NCC. The first kappa shape index (κ1) is 15.8. The summed E-state index contributed by atoms with van der Waals surface area (Å²) >= 11 is 0. The third-order valence-corrected chi connectivity index (χ3v) is 4.00. The molecule has 1 N–H and O–H groups in total. The molecule has 0 fully saturated rings. The molecule has 0 aliphatic carbocycles. The molecule has 0 aliphatic heterocycles. The summed E-state index contributed by atoms with van der Waals surface area (Å²) in [6, 6.07) is 9.24. The van der Waals surface area contributed by atoms with Crippen LogP contribution in [0.4, 0.5) is 0 Å². The number of nitrogens with one attached hydrogen (secondary N) is 1. The lowest BCUT2D eigenvalue weighted by Crippen LogP contribution is -2.26. The minimum atomic E-state index is 0.325. The van der Waals surface area contributed by atoms with Crippen LogP contribution < -0.4 is 5.32 Å². The van der Waals surface area contributed by atoms with E-state index in [1.165, 1.54) is 22.4 Å². The van der Waals surface area contributed by atoms with E-state index < -0.39 is 0 Å². The molecule has 2 aromatic rings. The lowest BCUT2D eigenvalue weighted by molar-refractivity contribution is 0.478. The highest BCUT2D eigenvalue weighted by Crippen LogP contribution is 2.20. The Labute approximate surface area is 128 Å². The topological polar surface area (TPSA) is 29.9 Å². The quantitative estimate of drug-likeness (QED) is 0.838. The second-order valence-corrected chi connectivity index (χ2v) is 5.71. The van der Waals surface area contributed by atoms with Crippen molar-refractivity contribution in [1.29, 1.82) is 0 Å². The molecule has 0 amide bonds. The van der Waals surface area contributed by atoms with Gasteiger partial charge in [0.2, 0.25) is 0 Å². The van der Waals surface area contributed by atoms with Crippen molar-refractivity contribution in [2.24, 2.45) is 0 Å². The second kappa shape index (κ2) is 7.41.